The number of rotatable bonds is 9. The Bertz CT molecular complexity index is 969. The molecule has 1 atom stereocenters. The molecular formula is C22H31N3O4S2. The van der Waals surface area contributed by atoms with Gasteiger partial charge in [-0.25, -0.2) is 0 Å². The number of likely N-dealkylation sites (tertiary alicyclic amines) is 1. The second-order valence-electron chi connectivity index (χ2n) is 7.68. The third-order valence-electron chi connectivity index (χ3n) is 5.17. The van der Waals surface area contributed by atoms with Crippen LogP contribution in [0.15, 0.2) is 23.2 Å². The summed E-state index contributed by atoms with van der Waals surface area (Å²) in [5.74, 6) is 1.75. The molecule has 170 valence electrons. The smallest absolute Gasteiger partial charge is 0.258 e. The number of methoxy groups -OCH3 is 1. The lowest BCUT2D eigenvalue weighted by atomic mass is 10.0. The molecule has 2 aromatic rings. The zero-order chi connectivity index (χ0) is 22.2. The molecule has 0 bridgehead atoms. The lowest BCUT2D eigenvalue weighted by Crippen LogP contribution is -2.40. The molecule has 1 aliphatic heterocycles. The molecule has 0 saturated carbocycles. The minimum absolute atomic E-state index is 0.116. The summed E-state index contributed by atoms with van der Waals surface area (Å²) in [5, 5.41) is 0. The first-order chi connectivity index (χ1) is 15.0. The Labute approximate surface area is 191 Å². The highest BCUT2D eigenvalue weighted by atomic mass is 32.2. The normalized spacial score (nSPS) is 17.3. The molecule has 2 heterocycles. The van der Waals surface area contributed by atoms with Crippen molar-refractivity contribution in [3.63, 3.8) is 0 Å². The Balaban J connectivity index is 1.68. The van der Waals surface area contributed by atoms with Crippen molar-refractivity contribution in [2.75, 3.05) is 44.9 Å². The van der Waals surface area contributed by atoms with Crippen molar-refractivity contribution < 1.29 is 19.1 Å². The van der Waals surface area contributed by atoms with Crippen LogP contribution in [0.1, 0.15) is 26.7 Å². The molecule has 1 saturated heterocycles. The molecular weight excluding hydrogens is 434 g/mol. The van der Waals surface area contributed by atoms with Crippen LogP contribution >= 0.6 is 23.1 Å². The second kappa shape index (κ2) is 11.7. The minimum atomic E-state index is -0.229. The molecule has 31 heavy (non-hydrogen) atoms. The average Bonchev–Trinajstić information content (AvgIpc) is 3.08. The van der Waals surface area contributed by atoms with Gasteiger partial charge < -0.3 is 18.9 Å². The largest absolute Gasteiger partial charge is 0.494 e. The van der Waals surface area contributed by atoms with E-state index in [4.69, 9.17) is 9.47 Å². The predicted octanol–water partition coefficient (Wildman–Crippen LogP) is 3.17. The van der Waals surface area contributed by atoms with Gasteiger partial charge in [0.2, 0.25) is 5.91 Å². The summed E-state index contributed by atoms with van der Waals surface area (Å²) in [6, 6.07) is 5.89. The fourth-order valence-electron chi connectivity index (χ4n) is 3.67. The van der Waals surface area contributed by atoms with Gasteiger partial charge in [-0.2, -0.15) is 4.99 Å². The molecule has 1 aromatic carbocycles. The first kappa shape index (κ1) is 23.8. The van der Waals surface area contributed by atoms with Crippen LogP contribution in [0.25, 0.3) is 10.2 Å². The lowest BCUT2D eigenvalue weighted by molar-refractivity contribution is -0.130. The Kier molecular flexibility index (Phi) is 8.98. The van der Waals surface area contributed by atoms with Crippen molar-refractivity contribution in [3.8, 4) is 5.75 Å². The van der Waals surface area contributed by atoms with Gasteiger partial charge in [0.15, 0.2) is 4.80 Å². The summed E-state index contributed by atoms with van der Waals surface area (Å²) >= 11 is 2.80. The zero-order valence-corrected chi connectivity index (χ0v) is 20.1. The maximum absolute atomic E-state index is 12.5. The Morgan fingerprint density at radius 2 is 2.16 bits per heavy atom. The van der Waals surface area contributed by atoms with Crippen LogP contribution in [0.5, 0.6) is 5.75 Å². The van der Waals surface area contributed by atoms with E-state index in [9.17, 15) is 9.59 Å². The van der Waals surface area contributed by atoms with Crippen molar-refractivity contribution in [1.29, 1.82) is 0 Å². The number of benzene rings is 1. The minimum Gasteiger partial charge on any atom is -0.494 e. The fourth-order valence-corrected chi connectivity index (χ4v) is 5.47. The highest BCUT2D eigenvalue weighted by Gasteiger charge is 2.20. The molecule has 0 spiro atoms. The third-order valence-corrected chi connectivity index (χ3v) is 7.11. The van der Waals surface area contributed by atoms with Crippen LogP contribution in [-0.2, 0) is 20.9 Å². The van der Waals surface area contributed by atoms with Gasteiger partial charge in [-0.3, -0.25) is 9.59 Å². The van der Waals surface area contributed by atoms with Gasteiger partial charge in [0, 0.05) is 26.7 Å². The molecule has 1 aromatic heterocycles. The van der Waals surface area contributed by atoms with Crippen molar-refractivity contribution in [3.05, 3.63) is 23.0 Å². The van der Waals surface area contributed by atoms with E-state index in [0.29, 0.717) is 36.2 Å². The van der Waals surface area contributed by atoms with Crippen LogP contribution in [0.2, 0.25) is 0 Å². The van der Waals surface area contributed by atoms with Gasteiger partial charge in [0.1, 0.15) is 5.75 Å². The summed E-state index contributed by atoms with van der Waals surface area (Å²) in [6.07, 6.45) is 2.24. The van der Waals surface area contributed by atoms with Crippen molar-refractivity contribution in [2.45, 2.75) is 33.2 Å². The Hall–Kier alpha value is -1.84. The fraction of sp³-hybridized carbons (Fsp3) is 0.591. The van der Waals surface area contributed by atoms with E-state index in [2.05, 4.69) is 11.9 Å². The van der Waals surface area contributed by atoms with Gasteiger partial charge in [0.25, 0.3) is 5.91 Å². The number of carbonyl (C=O) groups is 2. The third kappa shape index (κ3) is 6.57. The van der Waals surface area contributed by atoms with Gasteiger partial charge in [-0.15, -0.1) is 11.8 Å². The van der Waals surface area contributed by atoms with E-state index in [-0.39, 0.29) is 17.6 Å². The van der Waals surface area contributed by atoms with Gasteiger partial charge in [-0.1, -0.05) is 18.3 Å². The Morgan fingerprint density at radius 1 is 1.32 bits per heavy atom. The summed E-state index contributed by atoms with van der Waals surface area (Å²) < 4.78 is 13.8. The van der Waals surface area contributed by atoms with Gasteiger partial charge in [0.05, 0.1) is 34.9 Å². The Morgan fingerprint density at radius 3 is 2.90 bits per heavy atom. The first-order valence-electron chi connectivity index (χ1n) is 10.7. The van der Waals surface area contributed by atoms with E-state index in [0.717, 1.165) is 35.5 Å². The number of piperidine rings is 1. The van der Waals surface area contributed by atoms with Crippen molar-refractivity contribution >= 4 is 45.1 Å². The molecule has 1 aliphatic rings. The standard InChI is InChI=1S/C22H31N3O4S2/c1-4-29-17-7-8-18-19(12-17)31-22(25(18)10-11-28-3)23-20(26)14-30-15-21(27)24-9-5-6-16(2)13-24/h7-8,12,16H,4-6,9-11,13-15H2,1-3H3. The van der Waals surface area contributed by atoms with Gasteiger partial charge >= 0.3 is 0 Å². The molecule has 0 N–H and O–H groups in total. The second-order valence-corrected chi connectivity index (χ2v) is 9.67. The SMILES string of the molecule is CCOc1ccc2c(c1)sc(=NC(=O)CSCC(=O)N1CCCC(C)C1)n2CCOC. The maximum atomic E-state index is 12.5. The molecule has 7 nitrogen and oxygen atoms in total. The molecule has 0 aliphatic carbocycles. The number of ether oxygens (including phenoxy) is 2. The summed E-state index contributed by atoms with van der Waals surface area (Å²) in [6.45, 7) is 7.51. The summed E-state index contributed by atoms with van der Waals surface area (Å²) in [7, 11) is 1.65. The quantitative estimate of drug-likeness (QED) is 0.569. The van der Waals surface area contributed by atoms with E-state index >= 15 is 0 Å². The van der Waals surface area contributed by atoms with Gasteiger partial charge in [-0.05, 0) is 43.9 Å². The molecule has 3 rings (SSSR count). The number of amides is 2. The molecule has 9 heteroatoms. The number of nitrogens with zero attached hydrogens (tertiary/aromatic N) is 3. The van der Waals surface area contributed by atoms with E-state index in [1.807, 2.05) is 34.6 Å². The lowest BCUT2D eigenvalue weighted by Gasteiger charge is -2.30. The average molecular weight is 466 g/mol. The van der Waals surface area contributed by atoms with Crippen LogP contribution in [0.4, 0.5) is 0 Å². The molecule has 1 unspecified atom stereocenters. The number of aromatic nitrogens is 1. The highest BCUT2D eigenvalue weighted by Crippen LogP contribution is 2.23. The monoisotopic (exact) mass is 465 g/mol. The molecule has 1 fully saturated rings. The number of hydrogen-bond acceptors (Lipinski definition) is 6. The van der Waals surface area contributed by atoms with Crippen LogP contribution in [-0.4, -0.2) is 66.2 Å². The van der Waals surface area contributed by atoms with E-state index in [1.54, 1.807) is 7.11 Å². The van der Waals surface area contributed by atoms with Crippen LogP contribution in [0, 0.1) is 5.92 Å². The number of fused-ring (bicyclic) bond motifs is 1. The van der Waals surface area contributed by atoms with Crippen molar-refractivity contribution in [1.82, 2.24) is 9.47 Å². The number of carbonyl (C=O) groups excluding carboxylic acids is 2. The summed E-state index contributed by atoms with van der Waals surface area (Å²) in [5.41, 5.74) is 0.999. The zero-order valence-electron chi connectivity index (χ0n) is 18.5. The van der Waals surface area contributed by atoms with Crippen molar-refractivity contribution in [2.24, 2.45) is 10.9 Å². The number of hydrogen-bond donors (Lipinski definition) is 0. The predicted molar refractivity (Wildman–Crippen MR) is 126 cm³/mol. The number of thiazole rings is 1. The number of thioether (sulfide) groups is 1. The van der Waals surface area contributed by atoms with Crippen LogP contribution in [0.3, 0.4) is 0 Å². The highest BCUT2D eigenvalue weighted by molar-refractivity contribution is 8.00. The molecule has 0 radical (unpaired) electrons. The first-order valence-corrected chi connectivity index (χ1v) is 12.7. The van der Waals surface area contributed by atoms with E-state index < -0.39 is 0 Å². The van der Waals surface area contributed by atoms with Crippen LogP contribution < -0.4 is 9.54 Å². The molecule has 2 amide bonds. The maximum Gasteiger partial charge on any atom is 0.258 e. The topological polar surface area (TPSA) is 73.1 Å². The summed E-state index contributed by atoms with van der Waals surface area (Å²) in [4.78, 5) is 31.8. The van der Waals surface area contributed by atoms with E-state index in [1.165, 1.54) is 29.5 Å².